The Bertz CT molecular complexity index is 1940. The normalized spacial score (nSPS) is 20.4. The van der Waals surface area contributed by atoms with E-state index in [1.165, 1.54) is 29.4 Å². The summed E-state index contributed by atoms with van der Waals surface area (Å²) in [6.07, 6.45) is -0.943. The number of nitrogens with one attached hydrogen (secondary N) is 4. The molecule has 2 aliphatic heterocycles. The zero-order valence-electron chi connectivity index (χ0n) is 25.6. The van der Waals surface area contributed by atoms with E-state index in [2.05, 4.69) is 30.6 Å². The second kappa shape index (κ2) is 14.5. The average Bonchev–Trinajstić information content (AvgIpc) is 3.43. The van der Waals surface area contributed by atoms with E-state index in [0.29, 0.717) is 5.69 Å². The molecule has 20 nitrogen and oxygen atoms in total. The molecule has 2 aromatic heterocycles. The van der Waals surface area contributed by atoms with Crippen molar-refractivity contribution in [2.45, 2.75) is 56.3 Å². The monoisotopic (exact) mass is 683 g/mol. The Morgan fingerprint density at radius 2 is 1.84 bits per heavy atom. The van der Waals surface area contributed by atoms with Gasteiger partial charge in [-0.25, -0.2) is 14.6 Å². The van der Waals surface area contributed by atoms with Crippen molar-refractivity contribution in [3.05, 3.63) is 72.8 Å². The smallest absolute Gasteiger partial charge is 0.330 e. The van der Waals surface area contributed by atoms with Gasteiger partial charge in [0.05, 0.1) is 30.9 Å². The van der Waals surface area contributed by atoms with Crippen LogP contribution in [0.3, 0.4) is 0 Å². The average molecular weight is 684 g/mol. The Labute approximate surface area is 274 Å². The topological polar surface area (TPSA) is 308 Å². The second-order valence-electron chi connectivity index (χ2n) is 11.3. The number of carboxylic acids is 2. The third kappa shape index (κ3) is 7.83. The summed E-state index contributed by atoms with van der Waals surface area (Å²) in [4.78, 5) is 88.2. The Balaban J connectivity index is 1.35. The number of benzene rings is 1. The van der Waals surface area contributed by atoms with Crippen molar-refractivity contribution < 1.29 is 39.5 Å². The molecule has 0 spiro atoms. The number of ether oxygens (including phenoxy) is 1. The van der Waals surface area contributed by atoms with Crippen LogP contribution in [-0.2, 0) is 20.9 Å². The number of aromatic amines is 2. The van der Waals surface area contributed by atoms with E-state index < -0.39 is 78.2 Å². The minimum atomic E-state index is -1.39. The van der Waals surface area contributed by atoms with E-state index in [1.807, 2.05) is 0 Å². The first-order valence-electron chi connectivity index (χ1n) is 14.9. The summed E-state index contributed by atoms with van der Waals surface area (Å²) in [5.74, 6) is -3.47. The molecule has 5 unspecified atom stereocenters. The lowest BCUT2D eigenvalue weighted by Crippen LogP contribution is -2.47. The fourth-order valence-electron chi connectivity index (χ4n) is 5.40. The molecule has 0 radical (unpaired) electrons. The van der Waals surface area contributed by atoms with Crippen molar-refractivity contribution in [3.63, 3.8) is 0 Å². The number of fused-ring (bicyclic) bond motifs is 1. The van der Waals surface area contributed by atoms with Crippen LogP contribution in [0, 0.1) is 0 Å². The highest BCUT2D eigenvalue weighted by molar-refractivity contribution is 5.97. The molecule has 4 heterocycles. The number of hydrogen-bond donors (Lipinski definition) is 9. The molecule has 2 aliphatic rings. The van der Waals surface area contributed by atoms with E-state index in [1.54, 1.807) is 12.1 Å². The highest BCUT2D eigenvalue weighted by Gasteiger charge is 2.36. The third-order valence-electron chi connectivity index (χ3n) is 7.94. The van der Waals surface area contributed by atoms with Crippen LogP contribution in [0.15, 0.2) is 49.8 Å². The summed E-state index contributed by atoms with van der Waals surface area (Å²) in [5.41, 5.74) is 4.22. The van der Waals surface area contributed by atoms with Crippen LogP contribution in [0.1, 0.15) is 41.4 Å². The van der Waals surface area contributed by atoms with Crippen LogP contribution in [0.25, 0.3) is 0 Å². The van der Waals surface area contributed by atoms with Crippen molar-refractivity contribution in [1.29, 1.82) is 0 Å². The van der Waals surface area contributed by atoms with Crippen molar-refractivity contribution >= 4 is 47.2 Å². The summed E-state index contributed by atoms with van der Waals surface area (Å²) in [7, 11) is 0. The molecule has 5 atom stereocenters. The molecule has 49 heavy (non-hydrogen) atoms. The summed E-state index contributed by atoms with van der Waals surface area (Å²) in [5, 5.41) is 43.2. The van der Waals surface area contributed by atoms with Crippen molar-refractivity contribution in [1.82, 2.24) is 24.8 Å². The zero-order valence-corrected chi connectivity index (χ0v) is 25.6. The lowest BCUT2D eigenvalue weighted by molar-refractivity contribution is -0.140. The third-order valence-corrected chi connectivity index (χ3v) is 7.94. The van der Waals surface area contributed by atoms with Gasteiger partial charge in [-0.1, -0.05) is 0 Å². The van der Waals surface area contributed by atoms with Gasteiger partial charge in [0, 0.05) is 43.0 Å². The Kier molecular flexibility index (Phi) is 10.2. The van der Waals surface area contributed by atoms with E-state index in [9.17, 15) is 44.1 Å². The summed E-state index contributed by atoms with van der Waals surface area (Å²) in [6, 6.07) is 3.88. The lowest BCUT2D eigenvalue weighted by Gasteiger charge is -2.34. The number of aliphatic hydroxyl groups is 2. The fraction of sp³-hybridized carbons (Fsp3) is 0.379. The number of nitrogens with two attached hydrogens (primary N) is 1. The second-order valence-corrected chi connectivity index (χ2v) is 11.3. The first-order valence-corrected chi connectivity index (χ1v) is 14.9. The number of carboxylic acid groups (broad SMARTS) is 2. The Morgan fingerprint density at radius 3 is 2.49 bits per heavy atom. The van der Waals surface area contributed by atoms with Crippen molar-refractivity contribution in [2.75, 3.05) is 29.1 Å². The number of nitrogens with zero attached hydrogens (tertiary/aromatic N) is 4. The van der Waals surface area contributed by atoms with Gasteiger partial charge < -0.3 is 46.4 Å². The number of aliphatic imine (C=N–C) groups is 1. The fourth-order valence-corrected chi connectivity index (χ4v) is 5.40. The van der Waals surface area contributed by atoms with Gasteiger partial charge in [0.2, 0.25) is 5.95 Å². The molecular formula is C29H33N9O11. The largest absolute Gasteiger partial charge is 0.481 e. The number of nitrogen functional groups attached to an aromatic ring is 1. The number of hydrogen-bond acceptors (Lipinski definition) is 14. The lowest BCUT2D eigenvalue weighted by atomic mass is 10.1. The van der Waals surface area contributed by atoms with Crippen LogP contribution in [0.4, 0.5) is 23.1 Å². The molecule has 260 valence electrons. The van der Waals surface area contributed by atoms with Gasteiger partial charge >= 0.3 is 17.6 Å². The zero-order chi connectivity index (χ0) is 35.4. The standard InChI is InChI=1S/C29H33N9O11/c30-28-34-23-22(26(45)35-28)37(10-14-11-38(29(48)36-25(14)44)20-7-18(40)19(12-39)49-20)16(9-32-23)8-31-15-3-1-13(2-4-15)24(43)33-17(27(46)47)5-6-21(41)42/h1-4,9,11,16-20,31,39-40H,5-8,10,12H2,(H,33,43)(H,41,42)(H,46,47)(H,36,44,48)(H3,30,34,35,45). The van der Waals surface area contributed by atoms with Crippen LogP contribution < -0.4 is 38.1 Å². The first-order chi connectivity index (χ1) is 23.3. The number of amides is 1. The highest BCUT2D eigenvalue weighted by Crippen LogP contribution is 2.30. The first kappa shape index (κ1) is 34.5. The number of H-pyrrole nitrogens is 2. The molecule has 20 heteroatoms. The Hall–Kier alpha value is -5.86. The number of aliphatic carboxylic acids is 2. The van der Waals surface area contributed by atoms with Crippen LogP contribution >= 0.6 is 0 Å². The van der Waals surface area contributed by atoms with Gasteiger partial charge in [-0.05, 0) is 30.7 Å². The van der Waals surface area contributed by atoms with Gasteiger partial charge in [0.25, 0.3) is 17.0 Å². The van der Waals surface area contributed by atoms with Gasteiger partial charge in [-0.2, -0.15) is 4.98 Å². The molecule has 3 aromatic rings. The highest BCUT2D eigenvalue weighted by atomic mass is 16.5. The van der Waals surface area contributed by atoms with E-state index in [4.69, 9.17) is 15.6 Å². The molecule has 1 saturated heterocycles. The summed E-state index contributed by atoms with van der Waals surface area (Å²) < 4.78 is 6.68. The minimum absolute atomic E-state index is 0.00330. The number of aromatic nitrogens is 4. The number of carbonyl (C=O) groups is 3. The minimum Gasteiger partial charge on any atom is -0.481 e. The van der Waals surface area contributed by atoms with Crippen molar-refractivity contribution in [2.24, 2.45) is 4.99 Å². The number of rotatable bonds is 13. The van der Waals surface area contributed by atoms with E-state index in [0.717, 1.165) is 4.57 Å². The molecule has 1 aromatic carbocycles. The molecule has 5 rings (SSSR count). The molecule has 0 aliphatic carbocycles. The van der Waals surface area contributed by atoms with Gasteiger partial charge in [-0.3, -0.25) is 33.7 Å². The maximum atomic E-state index is 13.1. The van der Waals surface area contributed by atoms with Gasteiger partial charge in [0.1, 0.15) is 24.1 Å². The maximum absolute atomic E-state index is 13.1. The molecular weight excluding hydrogens is 650 g/mol. The predicted molar refractivity (Wildman–Crippen MR) is 171 cm³/mol. The molecule has 0 bridgehead atoms. The van der Waals surface area contributed by atoms with Gasteiger partial charge in [0.15, 0.2) is 5.82 Å². The predicted octanol–water partition coefficient (Wildman–Crippen LogP) is -1.91. The van der Waals surface area contributed by atoms with Crippen molar-refractivity contribution in [3.8, 4) is 0 Å². The summed E-state index contributed by atoms with van der Waals surface area (Å²) >= 11 is 0. The number of aliphatic hydroxyl groups excluding tert-OH is 2. The number of carbonyl (C=O) groups excluding carboxylic acids is 1. The van der Waals surface area contributed by atoms with Crippen LogP contribution in [0.2, 0.25) is 0 Å². The quantitative estimate of drug-likeness (QED) is 0.0950. The molecule has 1 fully saturated rings. The molecule has 1 amide bonds. The van der Waals surface area contributed by atoms with Crippen LogP contribution in [-0.4, -0.2) is 101 Å². The number of anilines is 3. The molecule has 0 saturated carbocycles. The van der Waals surface area contributed by atoms with E-state index in [-0.39, 0.29) is 54.5 Å². The van der Waals surface area contributed by atoms with Crippen LogP contribution in [0.5, 0.6) is 0 Å². The Morgan fingerprint density at radius 1 is 1.10 bits per heavy atom. The van der Waals surface area contributed by atoms with Gasteiger partial charge in [-0.15, -0.1) is 0 Å². The van der Waals surface area contributed by atoms with E-state index >= 15 is 0 Å². The molecule has 10 N–H and O–H groups in total. The summed E-state index contributed by atoms with van der Waals surface area (Å²) in [6.45, 7) is -0.599. The SMILES string of the molecule is Nc1nc2c(c(=O)[nH]1)N(Cc1cn(C3CC(O)C(CO)O3)c(=O)[nH]c1=O)C(CNc1ccc(C(=O)NC(CCC(=O)O)C(=O)O)cc1)C=N2. The maximum Gasteiger partial charge on any atom is 0.330 e.